The van der Waals surface area contributed by atoms with Crippen molar-refractivity contribution >= 4 is 10.0 Å². The molecule has 0 unspecified atom stereocenters. The Labute approximate surface area is 88.6 Å². The fourth-order valence-electron chi connectivity index (χ4n) is 1.73. The van der Waals surface area contributed by atoms with Crippen LogP contribution in [-0.2, 0) is 23.1 Å². The molecule has 5 heteroatoms. The van der Waals surface area contributed by atoms with Crippen LogP contribution in [0.5, 0.6) is 0 Å². The first-order chi connectivity index (χ1) is 7.04. The molecule has 15 heavy (non-hydrogen) atoms. The van der Waals surface area contributed by atoms with Crippen LogP contribution >= 0.6 is 0 Å². The molecule has 0 saturated carbocycles. The van der Waals surface area contributed by atoms with Gasteiger partial charge in [0.25, 0.3) is 0 Å². The van der Waals surface area contributed by atoms with Crippen molar-refractivity contribution in [1.82, 2.24) is 4.31 Å². The van der Waals surface area contributed by atoms with E-state index in [2.05, 4.69) is 0 Å². The zero-order chi connectivity index (χ0) is 11.1. The van der Waals surface area contributed by atoms with Crippen molar-refractivity contribution in [3.63, 3.8) is 0 Å². The third kappa shape index (κ3) is 1.77. The third-order valence-electron chi connectivity index (χ3n) is 2.66. The van der Waals surface area contributed by atoms with Gasteiger partial charge in [-0.1, -0.05) is 12.1 Å². The van der Waals surface area contributed by atoms with Gasteiger partial charge in [-0.25, -0.2) is 12.8 Å². The molecular weight excluding hydrogens is 217 g/mol. The van der Waals surface area contributed by atoms with Gasteiger partial charge in [-0.15, -0.1) is 0 Å². The number of fused-ring (bicyclic) bond motifs is 1. The van der Waals surface area contributed by atoms with Crippen LogP contribution in [0.25, 0.3) is 0 Å². The van der Waals surface area contributed by atoms with Crippen LogP contribution in [0.2, 0.25) is 0 Å². The summed E-state index contributed by atoms with van der Waals surface area (Å²) < 4.78 is 37.8. The van der Waals surface area contributed by atoms with Gasteiger partial charge in [-0.3, -0.25) is 0 Å². The van der Waals surface area contributed by atoms with Crippen LogP contribution < -0.4 is 0 Å². The van der Waals surface area contributed by atoms with Gasteiger partial charge >= 0.3 is 0 Å². The van der Waals surface area contributed by atoms with Gasteiger partial charge in [0.05, 0.1) is 5.75 Å². The Hall–Kier alpha value is -0.940. The van der Waals surface area contributed by atoms with Crippen molar-refractivity contribution in [3.05, 3.63) is 35.1 Å². The second-order valence-electron chi connectivity index (χ2n) is 3.55. The predicted octanol–water partition coefficient (Wildman–Crippen LogP) is 1.49. The summed E-state index contributed by atoms with van der Waals surface area (Å²) in [6.07, 6.45) is 0. The van der Waals surface area contributed by atoms with Crippen molar-refractivity contribution in [2.24, 2.45) is 0 Å². The van der Waals surface area contributed by atoms with Crippen LogP contribution in [0, 0.1) is 5.82 Å². The Kier molecular flexibility index (Phi) is 2.52. The maximum atomic E-state index is 13.3. The maximum Gasteiger partial charge on any atom is 0.214 e. The lowest BCUT2D eigenvalue weighted by atomic mass is 10.1. The van der Waals surface area contributed by atoms with E-state index in [0.717, 1.165) is 5.56 Å². The highest BCUT2D eigenvalue weighted by Gasteiger charge is 2.29. The topological polar surface area (TPSA) is 37.4 Å². The summed E-state index contributed by atoms with van der Waals surface area (Å²) in [6, 6.07) is 4.74. The average molecular weight is 229 g/mol. The molecule has 0 amide bonds. The Balaban J connectivity index is 2.35. The number of hydrogen-bond donors (Lipinski definition) is 0. The molecule has 0 saturated heterocycles. The van der Waals surface area contributed by atoms with Gasteiger partial charge in [0.15, 0.2) is 0 Å². The molecular formula is C10H12FNO2S. The zero-order valence-corrected chi connectivity index (χ0v) is 9.22. The summed E-state index contributed by atoms with van der Waals surface area (Å²) in [5, 5.41) is 0. The van der Waals surface area contributed by atoms with Crippen molar-refractivity contribution in [3.8, 4) is 0 Å². The highest BCUT2D eigenvalue weighted by atomic mass is 32.2. The molecule has 3 nitrogen and oxygen atoms in total. The summed E-state index contributed by atoms with van der Waals surface area (Å²) in [6.45, 7) is 2.05. The molecule has 0 atom stereocenters. The van der Waals surface area contributed by atoms with Gasteiger partial charge < -0.3 is 0 Å². The smallest absolute Gasteiger partial charge is 0.212 e. The molecule has 0 aliphatic carbocycles. The fraction of sp³-hybridized carbons (Fsp3) is 0.400. The van der Waals surface area contributed by atoms with Crippen LogP contribution in [0.1, 0.15) is 18.1 Å². The van der Waals surface area contributed by atoms with Crippen molar-refractivity contribution in [1.29, 1.82) is 0 Å². The van der Waals surface area contributed by atoms with Crippen LogP contribution in [0.15, 0.2) is 18.2 Å². The highest BCUT2D eigenvalue weighted by molar-refractivity contribution is 7.89. The monoisotopic (exact) mass is 229 g/mol. The first-order valence-corrected chi connectivity index (χ1v) is 6.39. The molecule has 82 valence electrons. The standard InChI is InChI=1S/C10H12FNO2S/c1-2-15(13,14)12-6-8-4-3-5-10(11)9(8)7-12/h3-5H,2,6-7H2,1H3. The lowest BCUT2D eigenvalue weighted by Crippen LogP contribution is -2.27. The molecule has 0 aromatic heterocycles. The molecule has 0 radical (unpaired) electrons. The van der Waals surface area contributed by atoms with Gasteiger partial charge in [-0.2, -0.15) is 4.31 Å². The Morgan fingerprint density at radius 1 is 1.40 bits per heavy atom. The lowest BCUT2D eigenvalue weighted by molar-refractivity contribution is 0.429. The van der Waals surface area contributed by atoms with E-state index in [-0.39, 0.29) is 18.1 Å². The molecule has 1 heterocycles. The number of sulfonamides is 1. The molecule has 1 aromatic carbocycles. The summed E-state index contributed by atoms with van der Waals surface area (Å²) >= 11 is 0. The Morgan fingerprint density at radius 2 is 2.13 bits per heavy atom. The molecule has 0 fully saturated rings. The minimum Gasteiger partial charge on any atom is -0.212 e. The SMILES string of the molecule is CCS(=O)(=O)N1Cc2cccc(F)c2C1. The van der Waals surface area contributed by atoms with E-state index in [4.69, 9.17) is 0 Å². The highest BCUT2D eigenvalue weighted by Crippen LogP contribution is 2.27. The summed E-state index contributed by atoms with van der Waals surface area (Å²) in [7, 11) is -3.22. The second kappa shape index (κ2) is 3.57. The van der Waals surface area contributed by atoms with E-state index in [1.165, 1.54) is 10.4 Å². The Morgan fingerprint density at radius 3 is 2.73 bits per heavy atom. The van der Waals surface area contributed by atoms with Crippen molar-refractivity contribution in [2.45, 2.75) is 20.0 Å². The maximum absolute atomic E-state index is 13.3. The molecule has 0 N–H and O–H groups in total. The van der Waals surface area contributed by atoms with Crippen LogP contribution in [0.4, 0.5) is 4.39 Å². The first kappa shape index (κ1) is 10.6. The molecule has 0 spiro atoms. The quantitative estimate of drug-likeness (QED) is 0.770. The summed E-state index contributed by atoms with van der Waals surface area (Å²) in [4.78, 5) is 0. The van der Waals surface area contributed by atoms with E-state index in [1.807, 2.05) is 0 Å². The van der Waals surface area contributed by atoms with Crippen LogP contribution in [0.3, 0.4) is 0 Å². The number of benzene rings is 1. The van der Waals surface area contributed by atoms with E-state index < -0.39 is 10.0 Å². The fourth-order valence-corrected chi connectivity index (χ4v) is 2.76. The molecule has 2 rings (SSSR count). The zero-order valence-electron chi connectivity index (χ0n) is 8.40. The molecule has 1 aliphatic rings. The number of halogens is 1. The van der Waals surface area contributed by atoms with E-state index in [0.29, 0.717) is 12.1 Å². The predicted molar refractivity (Wildman–Crippen MR) is 55.1 cm³/mol. The minimum absolute atomic E-state index is 0.0581. The normalized spacial score (nSPS) is 16.7. The van der Waals surface area contributed by atoms with Gasteiger partial charge in [0, 0.05) is 18.7 Å². The largest absolute Gasteiger partial charge is 0.214 e. The summed E-state index contributed by atoms with van der Waals surface area (Å²) in [5.74, 6) is -0.260. The summed E-state index contributed by atoms with van der Waals surface area (Å²) in [5.41, 5.74) is 1.28. The van der Waals surface area contributed by atoms with Gasteiger partial charge in [-0.05, 0) is 18.6 Å². The third-order valence-corrected chi connectivity index (χ3v) is 4.43. The molecule has 1 aliphatic heterocycles. The van der Waals surface area contributed by atoms with Crippen molar-refractivity contribution in [2.75, 3.05) is 5.75 Å². The van der Waals surface area contributed by atoms with Gasteiger partial charge in [0.1, 0.15) is 5.82 Å². The van der Waals surface area contributed by atoms with Crippen LogP contribution in [-0.4, -0.2) is 18.5 Å². The number of nitrogens with zero attached hydrogens (tertiary/aromatic N) is 1. The lowest BCUT2D eigenvalue weighted by Gasteiger charge is -2.13. The van der Waals surface area contributed by atoms with Gasteiger partial charge in [0.2, 0.25) is 10.0 Å². The minimum atomic E-state index is -3.22. The Bertz CT molecular complexity index is 484. The second-order valence-corrected chi connectivity index (χ2v) is 5.80. The number of hydrogen-bond acceptors (Lipinski definition) is 2. The van der Waals surface area contributed by atoms with E-state index in [1.54, 1.807) is 19.1 Å². The van der Waals surface area contributed by atoms with E-state index in [9.17, 15) is 12.8 Å². The first-order valence-electron chi connectivity index (χ1n) is 4.78. The molecule has 0 bridgehead atoms. The average Bonchev–Trinajstić information content (AvgIpc) is 2.64. The number of rotatable bonds is 2. The van der Waals surface area contributed by atoms with Crippen molar-refractivity contribution < 1.29 is 12.8 Å². The van der Waals surface area contributed by atoms with E-state index >= 15 is 0 Å². The molecule has 1 aromatic rings.